The Kier molecular flexibility index (Phi) is 4.01. The molecule has 4 heterocycles. The summed E-state index contributed by atoms with van der Waals surface area (Å²) in [7, 11) is 0. The first kappa shape index (κ1) is 17.7. The van der Waals surface area contributed by atoms with Crippen LogP contribution >= 0.6 is 22.6 Å². The minimum atomic E-state index is -0.167. The van der Waals surface area contributed by atoms with Crippen molar-refractivity contribution in [2.75, 3.05) is 18.5 Å². The van der Waals surface area contributed by atoms with Crippen molar-refractivity contribution >= 4 is 50.5 Å². The molecule has 8 heteroatoms. The Morgan fingerprint density at radius 2 is 2.07 bits per heavy atom. The van der Waals surface area contributed by atoms with Crippen molar-refractivity contribution in [2.45, 2.75) is 32.7 Å². The van der Waals surface area contributed by atoms with E-state index in [1.54, 1.807) is 0 Å². The second-order valence-corrected chi connectivity index (χ2v) is 8.76. The van der Waals surface area contributed by atoms with Crippen molar-refractivity contribution in [3.63, 3.8) is 0 Å². The van der Waals surface area contributed by atoms with Gasteiger partial charge in [0, 0.05) is 45.7 Å². The number of aryl methyl sites for hydroxylation is 1. The molecule has 0 atom stereocenters. The third-order valence-electron chi connectivity index (χ3n) is 5.30. The highest BCUT2D eigenvalue weighted by atomic mass is 127. The largest absolute Gasteiger partial charge is 0.462 e. The van der Waals surface area contributed by atoms with Crippen LogP contribution in [0.15, 0.2) is 24.3 Å². The Hall–Kier alpha value is -2.36. The van der Waals surface area contributed by atoms with Gasteiger partial charge in [-0.15, -0.1) is 0 Å². The van der Waals surface area contributed by atoms with Crippen LogP contribution in [-0.4, -0.2) is 37.7 Å². The number of H-pyrrole nitrogens is 1. The molecule has 1 aliphatic rings. The number of ether oxygens (including phenoxy) is 1. The van der Waals surface area contributed by atoms with Crippen molar-refractivity contribution in [2.24, 2.45) is 0 Å². The molecular weight excluding hydrogens is 467 g/mol. The Balaban J connectivity index is 1.45. The van der Waals surface area contributed by atoms with Crippen LogP contribution < -0.4 is 10.1 Å². The molecule has 144 valence electrons. The number of nitrogens with zero attached hydrogens (tertiary/aromatic N) is 4. The topological polar surface area (TPSA) is 80.7 Å². The van der Waals surface area contributed by atoms with E-state index in [9.17, 15) is 0 Å². The molecular formula is C20H21IN6O. The van der Waals surface area contributed by atoms with E-state index in [0.717, 1.165) is 29.9 Å². The van der Waals surface area contributed by atoms with Gasteiger partial charge in [0.05, 0.1) is 5.54 Å². The minimum Gasteiger partial charge on any atom is -0.462 e. The van der Waals surface area contributed by atoms with Gasteiger partial charge in [0.25, 0.3) is 6.01 Å². The van der Waals surface area contributed by atoms with Gasteiger partial charge in [-0.1, -0.05) is 18.2 Å². The van der Waals surface area contributed by atoms with Gasteiger partial charge in [0.2, 0.25) is 0 Å². The summed E-state index contributed by atoms with van der Waals surface area (Å²) in [6.07, 6.45) is 0.896. The molecule has 0 saturated carbocycles. The van der Waals surface area contributed by atoms with Gasteiger partial charge in [-0.3, -0.25) is 4.57 Å². The highest BCUT2D eigenvalue weighted by molar-refractivity contribution is 14.1. The molecule has 0 bridgehead atoms. The van der Waals surface area contributed by atoms with Crippen molar-refractivity contribution in [1.82, 2.24) is 24.5 Å². The molecule has 0 radical (unpaired) electrons. The van der Waals surface area contributed by atoms with E-state index in [1.807, 2.05) is 0 Å². The number of fused-ring (bicyclic) bond motifs is 4. The number of aromatic nitrogens is 5. The number of para-hydroxylation sites is 1. The summed E-state index contributed by atoms with van der Waals surface area (Å²) in [6, 6.07) is 9.04. The lowest BCUT2D eigenvalue weighted by atomic mass is 10.1. The molecule has 1 aromatic carbocycles. The summed E-state index contributed by atoms with van der Waals surface area (Å²) in [5.74, 6) is 0.758. The third-order valence-corrected chi connectivity index (χ3v) is 5.79. The lowest BCUT2D eigenvalue weighted by molar-refractivity contribution is 0.268. The van der Waals surface area contributed by atoms with Crippen LogP contribution in [0.3, 0.4) is 0 Å². The molecule has 0 saturated heterocycles. The summed E-state index contributed by atoms with van der Waals surface area (Å²) < 4.78 is 8.54. The summed E-state index contributed by atoms with van der Waals surface area (Å²) in [6.45, 7) is 7.76. The number of rotatable bonds is 4. The maximum absolute atomic E-state index is 5.77. The molecule has 7 nitrogen and oxygen atoms in total. The summed E-state index contributed by atoms with van der Waals surface area (Å²) >= 11 is 2.16. The summed E-state index contributed by atoms with van der Waals surface area (Å²) in [5, 5.41) is 4.75. The number of benzene rings is 1. The molecule has 0 amide bonds. The Labute approximate surface area is 176 Å². The van der Waals surface area contributed by atoms with Gasteiger partial charge < -0.3 is 15.0 Å². The number of hydrogen-bond acceptors (Lipinski definition) is 5. The van der Waals surface area contributed by atoms with Gasteiger partial charge >= 0.3 is 0 Å². The monoisotopic (exact) mass is 488 g/mol. The van der Waals surface area contributed by atoms with Crippen LogP contribution in [0, 0.1) is 10.8 Å². The first-order chi connectivity index (χ1) is 13.4. The molecule has 0 fully saturated rings. The fourth-order valence-corrected chi connectivity index (χ4v) is 4.42. The van der Waals surface area contributed by atoms with E-state index in [4.69, 9.17) is 4.74 Å². The predicted octanol–water partition coefficient (Wildman–Crippen LogP) is 4.00. The molecule has 1 aliphatic heterocycles. The maximum atomic E-state index is 5.77. The van der Waals surface area contributed by atoms with Crippen molar-refractivity contribution < 1.29 is 4.74 Å². The molecule has 0 spiro atoms. The number of anilines is 1. The van der Waals surface area contributed by atoms with E-state index >= 15 is 0 Å². The Morgan fingerprint density at radius 3 is 2.93 bits per heavy atom. The van der Waals surface area contributed by atoms with Crippen LogP contribution in [0.1, 0.15) is 25.1 Å². The van der Waals surface area contributed by atoms with Crippen LogP contribution in [0.4, 0.5) is 5.82 Å². The summed E-state index contributed by atoms with van der Waals surface area (Å²) in [4.78, 5) is 17.3. The van der Waals surface area contributed by atoms with Crippen molar-refractivity contribution in [1.29, 1.82) is 0 Å². The zero-order chi connectivity index (χ0) is 19.5. The first-order valence-electron chi connectivity index (χ1n) is 9.33. The molecule has 5 rings (SSSR count). The number of halogens is 1. The highest BCUT2D eigenvalue weighted by Gasteiger charge is 2.36. The van der Waals surface area contributed by atoms with Crippen LogP contribution in [0.25, 0.3) is 22.1 Å². The zero-order valence-electron chi connectivity index (χ0n) is 16.0. The number of aromatic amines is 1. The van der Waals surface area contributed by atoms with Gasteiger partial charge in [-0.2, -0.15) is 4.98 Å². The highest BCUT2D eigenvalue weighted by Crippen LogP contribution is 2.36. The second-order valence-electron chi connectivity index (χ2n) is 7.80. The van der Waals surface area contributed by atoms with E-state index in [-0.39, 0.29) is 5.54 Å². The van der Waals surface area contributed by atoms with Crippen molar-refractivity contribution in [3.05, 3.63) is 39.4 Å². The molecule has 0 aliphatic carbocycles. The third kappa shape index (κ3) is 2.73. The normalized spacial score (nSPS) is 15.1. The number of imidazole rings is 1. The summed E-state index contributed by atoms with van der Waals surface area (Å²) in [5.41, 5.74) is 5.14. The van der Waals surface area contributed by atoms with Crippen LogP contribution in [0.5, 0.6) is 6.01 Å². The Bertz CT molecular complexity index is 1210. The first-order valence-corrected chi connectivity index (χ1v) is 10.4. The van der Waals surface area contributed by atoms with Crippen LogP contribution in [-0.2, 0) is 12.0 Å². The van der Waals surface area contributed by atoms with E-state index in [2.05, 4.69) is 97.4 Å². The fraction of sp³-hybridized carbons (Fsp3) is 0.350. The van der Waals surface area contributed by atoms with Crippen molar-refractivity contribution in [3.8, 4) is 6.01 Å². The van der Waals surface area contributed by atoms with E-state index < -0.39 is 0 Å². The maximum Gasteiger partial charge on any atom is 0.299 e. The van der Waals surface area contributed by atoms with Gasteiger partial charge in [0.15, 0.2) is 20.8 Å². The molecule has 4 aromatic rings. The average Bonchev–Trinajstić information content (AvgIpc) is 3.27. The second kappa shape index (κ2) is 6.33. The van der Waals surface area contributed by atoms with Gasteiger partial charge in [-0.05, 0) is 38.8 Å². The number of hydrogen-bond donors (Lipinski definition) is 2. The van der Waals surface area contributed by atoms with Gasteiger partial charge in [0.1, 0.15) is 6.61 Å². The lowest BCUT2D eigenvalue weighted by Gasteiger charge is -2.18. The molecule has 0 unspecified atom stereocenters. The molecule has 3 aromatic heterocycles. The SMILES string of the molecule is Cc1[nH]c2ccccc2c1CCNc1nc(I)nc2c1nc1n2C(C)(C)CO1. The zero-order valence-corrected chi connectivity index (χ0v) is 18.2. The Morgan fingerprint density at radius 1 is 1.25 bits per heavy atom. The number of nitrogens with one attached hydrogen (secondary N) is 2. The van der Waals surface area contributed by atoms with Gasteiger partial charge in [-0.25, -0.2) is 9.97 Å². The predicted molar refractivity (Wildman–Crippen MR) is 118 cm³/mol. The minimum absolute atomic E-state index is 0.167. The molecule has 28 heavy (non-hydrogen) atoms. The molecule has 2 N–H and O–H groups in total. The lowest BCUT2D eigenvalue weighted by Crippen LogP contribution is -2.26. The quantitative estimate of drug-likeness (QED) is 0.335. The average molecular weight is 488 g/mol. The van der Waals surface area contributed by atoms with Crippen LogP contribution in [0.2, 0.25) is 0 Å². The smallest absolute Gasteiger partial charge is 0.299 e. The van der Waals surface area contributed by atoms with E-state index in [0.29, 0.717) is 16.4 Å². The standard InChI is InChI=1S/C20H21IN6O/c1-11-12(13-6-4-5-7-14(13)23-11)8-9-22-16-15-17(26-18(21)25-16)27-19(24-15)28-10-20(27,2)3/h4-7,23H,8-10H2,1-3H3,(H,22,25,26). The fourth-order valence-electron chi connectivity index (χ4n) is 3.95. The van der Waals surface area contributed by atoms with E-state index in [1.165, 1.54) is 22.2 Å².